The van der Waals surface area contributed by atoms with Gasteiger partial charge >= 0.3 is 5.97 Å². The van der Waals surface area contributed by atoms with E-state index in [0.717, 1.165) is 31.2 Å². The summed E-state index contributed by atoms with van der Waals surface area (Å²) in [4.78, 5) is 23.0. The second kappa shape index (κ2) is 7.28. The molecule has 5 fully saturated rings. The minimum Gasteiger partial charge on any atom is -0.478 e. The van der Waals surface area contributed by atoms with Gasteiger partial charge in [0.25, 0.3) is 0 Å². The summed E-state index contributed by atoms with van der Waals surface area (Å²) in [5.41, 5.74) is 0.579. The van der Waals surface area contributed by atoms with Gasteiger partial charge in [0.15, 0.2) is 18.2 Å². The number of rotatable bonds is 4. The molecular formula is C23H30O7. The lowest BCUT2D eigenvalue weighted by molar-refractivity contribution is -0.577. The molecule has 5 aliphatic rings. The molecule has 1 saturated carbocycles. The predicted molar refractivity (Wildman–Crippen MR) is 105 cm³/mol. The second-order valence-electron chi connectivity index (χ2n) is 9.59. The van der Waals surface area contributed by atoms with E-state index in [1.807, 2.05) is 6.92 Å². The minimum absolute atomic E-state index is 0.115. The summed E-state index contributed by atoms with van der Waals surface area (Å²) in [6.07, 6.45) is 3.01. The minimum atomic E-state index is -0.936. The smallest absolute Gasteiger partial charge is 0.335 e. The van der Waals surface area contributed by atoms with E-state index < -0.39 is 29.9 Å². The highest BCUT2D eigenvalue weighted by atomic mass is 17.3. The lowest BCUT2D eigenvalue weighted by Crippen LogP contribution is -2.70. The Labute approximate surface area is 176 Å². The third-order valence-electron chi connectivity index (χ3n) is 7.71. The number of fused-ring (bicyclic) bond motifs is 2. The van der Waals surface area contributed by atoms with Gasteiger partial charge in [-0.2, -0.15) is 0 Å². The highest BCUT2D eigenvalue weighted by Gasteiger charge is 2.69. The van der Waals surface area contributed by atoms with Crippen LogP contribution >= 0.6 is 0 Å². The zero-order valence-corrected chi connectivity index (χ0v) is 17.7. The molecule has 6 rings (SSSR count). The van der Waals surface area contributed by atoms with Gasteiger partial charge in [0.05, 0.1) is 12.2 Å². The zero-order chi connectivity index (χ0) is 21.1. The molecule has 0 radical (unpaired) electrons. The van der Waals surface area contributed by atoms with Crippen LogP contribution in [0, 0.1) is 23.7 Å². The highest BCUT2D eigenvalue weighted by Crippen LogP contribution is 2.60. The maximum Gasteiger partial charge on any atom is 0.335 e. The molecule has 4 aliphatic heterocycles. The Kier molecular flexibility index (Phi) is 4.95. The normalized spacial score (nSPS) is 44.9. The molecule has 1 aliphatic carbocycles. The monoisotopic (exact) mass is 418 g/mol. The number of carboxylic acid groups (broad SMARTS) is 1. The number of ether oxygens (including phenoxy) is 3. The fourth-order valence-corrected chi connectivity index (χ4v) is 5.98. The molecule has 4 saturated heterocycles. The molecule has 0 aromatic heterocycles. The van der Waals surface area contributed by atoms with E-state index >= 15 is 0 Å². The van der Waals surface area contributed by atoms with E-state index in [1.165, 1.54) is 0 Å². The Morgan fingerprint density at radius 3 is 2.63 bits per heavy atom. The Morgan fingerprint density at radius 2 is 1.90 bits per heavy atom. The van der Waals surface area contributed by atoms with Crippen LogP contribution in [0.15, 0.2) is 24.3 Å². The van der Waals surface area contributed by atoms with Crippen LogP contribution in [0.2, 0.25) is 0 Å². The molecule has 4 heterocycles. The van der Waals surface area contributed by atoms with Gasteiger partial charge in [-0.25, -0.2) is 14.6 Å². The molecule has 3 unspecified atom stereocenters. The van der Waals surface area contributed by atoms with Crippen LogP contribution in [0.25, 0.3) is 0 Å². The van der Waals surface area contributed by atoms with Gasteiger partial charge in [-0.05, 0) is 55.7 Å². The number of aromatic carboxylic acids is 1. The maximum absolute atomic E-state index is 11.0. The molecule has 1 aromatic rings. The molecule has 164 valence electrons. The van der Waals surface area contributed by atoms with Gasteiger partial charge in [0, 0.05) is 18.3 Å². The third-order valence-corrected chi connectivity index (χ3v) is 7.71. The van der Waals surface area contributed by atoms with Crippen molar-refractivity contribution in [3.8, 4) is 0 Å². The van der Waals surface area contributed by atoms with Crippen molar-refractivity contribution >= 4 is 5.97 Å². The first kappa shape index (κ1) is 20.4. The van der Waals surface area contributed by atoms with Crippen LogP contribution in [-0.4, -0.2) is 35.0 Å². The van der Waals surface area contributed by atoms with Gasteiger partial charge in [0.1, 0.15) is 0 Å². The summed E-state index contributed by atoms with van der Waals surface area (Å²) >= 11 is 0. The molecule has 1 N–H and O–H groups in total. The fourth-order valence-electron chi connectivity index (χ4n) is 5.98. The van der Waals surface area contributed by atoms with Gasteiger partial charge in [-0.15, -0.1) is 0 Å². The molecule has 30 heavy (non-hydrogen) atoms. The lowest BCUT2D eigenvalue weighted by atomic mass is 9.58. The Morgan fingerprint density at radius 1 is 1.13 bits per heavy atom. The number of benzene rings is 1. The van der Waals surface area contributed by atoms with Gasteiger partial charge < -0.3 is 19.3 Å². The van der Waals surface area contributed by atoms with Crippen molar-refractivity contribution in [2.45, 2.75) is 77.0 Å². The standard InChI is InChI=1S/C23H30O7/c1-13-4-9-18-14(2)20(26-12-15-5-7-16(8-6-15)19(24)25)27-21-23(18)17(13)10-11-22(3,28-21)29-30-23/h5-8,13-14,17-18,20-21H,4,9-12H2,1-3H3,(H,24,25)/t13-,14-,17?,18?,20+,21?,22+,23-/m1/s1. The van der Waals surface area contributed by atoms with E-state index in [1.54, 1.807) is 24.3 Å². The van der Waals surface area contributed by atoms with Crippen molar-refractivity contribution in [3.05, 3.63) is 35.4 Å². The summed E-state index contributed by atoms with van der Waals surface area (Å²) in [6, 6.07) is 6.74. The van der Waals surface area contributed by atoms with E-state index in [4.69, 9.17) is 29.1 Å². The molecular weight excluding hydrogens is 388 g/mol. The van der Waals surface area contributed by atoms with E-state index in [0.29, 0.717) is 18.4 Å². The first-order valence-corrected chi connectivity index (χ1v) is 11.0. The number of hydrogen-bond acceptors (Lipinski definition) is 6. The van der Waals surface area contributed by atoms with Crippen LogP contribution in [0.3, 0.4) is 0 Å². The summed E-state index contributed by atoms with van der Waals surface area (Å²) in [5.74, 6) is -0.539. The average molecular weight is 418 g/mol. The van der Waals surface area contributed by atoms with Crippen LogP contribution in [-0.2, 0) is 30.6 Å². The van der Waals surface area contributed by atoms with Crippen LogP contribution in [0.5, 0.6) is 0 Å². The molecule has 7 nitrogen and oxygen atoms in total. The Hall–Kier alpha value is -1.51. The second-order valence-corrected chi connectivity index (χ2v) is 9.59. The average Bonchev–Trinajstić information content (AvgIpc) is 2.96. The number of hydrogen-bond donors (Lipinski definition) is 1. The molecule has 0 amide bonds. The Bertz CT molecular complexity index is 810. The van der Waals surface area contributed by atoms with Crippen molar-refractivity contribution in [1.82, 2.24) is 0 Å². The first-order valence-electron chi connectivity index (χ1n) is 11.0. The van der Waals surface area contributed by atoms with Crippen LogP contribution < -0.4 is 0 Å². The van der Waals surface area contributed by atoms with Crippen molar-refractivity contribution in [2.75, 3.05) is 0 Å². The van der Waals surface area contributed by atoms with Crippen molar-refractivity contribution in [2.24, 2.45) is 23.7 Å². The van der Waals surface area contributed by atoms with E-state index in [2.05, 4.69) is 13.8 Å². The van der Waals surface area contributed by atoms with Gasteiger partial charge in [-0.3, -0.25) is 0 Å². The topological polar surface area (TPSA) is 83.5 Å². The van der Waals surface area contributed by atoms with Crippen LogP contribution in [0.4, 0.5) is 0 Å². The molecule has 7 heteroatoms. The molecule has 1 aromatic carbocycles. The zero-order valence-electron chi connectivity index (χ0n) is 17.7. The predicted octanol–water partition coefficient (Wildman–Crippen LogP) is 4.11. The molecule has 8 atom stereocenters. The van der Waals surface area contributed by atoms with Crippen LogP contribution in [0.1, 0.15) is 62.4 Å². The largest absolute Gasteiger partial charge is 0.478 e. The maximum atomic E-state index is 11.0. The molecule has 2 bridgehead atoms. The van der Waals surface area contributed by atoms with Gasteiger partial charge in [-0.1, -0.05) is 26.0 Å². The lowest BCUT2D eigenvalue weighted by Gasteiger charge is -2.60. The first-order chi connectivity index (χ1) is 14.3. The van der Waals surface area contributed by atoms with Crippen molar-refractivity contribution in [3.63, 3.8) is 0 Å². The molecule has 1 spiro atoms. The van der Waals surface area contributed by atoms with E-state index in [9.17, 15) is 4.79 Å². The highest BCUT2D eigenvalue weighted by molar-refractivity contribution is 5.87. The fraction of sp³-hybridized carbons (Fsp3) is 0.696. The number of carbonyl (C=O) groups is 1. The van der Waals surface area contributed by atoms with E-state index in [-0.39, 0.29) is 17.4 Å². The Balaban J connectivity index is 1.37. The third kappa shape index (κ3) is 3.10. The quantitative estimate of drug-likeness (QED) is 0.737. The summed E-state index contributed by atoms with van der Waals surface area (Å²) in [6.45, 7) is 6.71. The summed E-state index contributed by atoms with van der Waals surface area (Å²) in [5, 5.41) is 9.06. The number of carboxylic acids is 1. The summed E-state index contributed by atoms with van der Waals surface area (Å²) < 4.78 is 18.9. The van der Waals surface area contributed by atoms with Crippen molar-refractivity contribution < 1.29 is 33.9 Å². The van der Waals surface area contributed by atoms with Crippen molar-refractivity contribution in [1.29, 1.82) is 0 Å². The van der Waals surface area contributed by atoms with Gasteiger partial charge in [0.2, 0.25) is 5.79 Å². The SMILES string of the molecule is C[C@@H]1CCC2[C@@H](C)[C@@H](OCc3ccc(C(=O)O)cc3)OC3O[C@]4(C)CCC1[C@]32OO4. The summed E-state index contributed by atoms with van der Waals surface area (Å²) in [7, 11) is 0.